The molecule has 6 nitrogen and oxygen atoms in total. The maximum Gasteiger partial charge on any atom is 0.374 e. The van der Waals surface area contributed by atoms with Crippen LogP contribution in [0.15, 0.2) is 29.4 Å². The minimum Gasteiger partial charge on any atom is -0.475 e. The van der Waals surface area contributed by atoms with Crippen molar-refractivity contribution in [1.29, 1.82) is 0 Å². The summed E-state index contributed by atoms with van der Waals surface area (Å²) in [6.45, 7) is 1.04. The smallest absolute Gasteiger partial charge is 0.374 e. The Morgan fingerprint density at radius 1 is 1.36 bits per heavy atom. The molecule has 1 heterocycles. The molecular formula is C14H16ClN3O3S. The fraction of sp³-hybridized carbons (Fsp3) is 0.357. The number of methoxy groups -OCH3 is 1. The first-order valence-corrected chi connectivity index (χ1v) is 8.01. The van der Waals surface area contributed by atoms with Crippen molar-refractivity contribution in [2.24, 2.45) is 0 Å². The van der Waals surface area contributed by atoms with Gasteiger partial charge in [0.05, 0.1) is 6.54 Å². The number of rotatable bonds is 8. The van der Waals surface area contributed by atoms with Crippen LogP contribution >= 0.6 is 23.4 Å². The van der Waals surface area contributed by atoms with Crippen LogP contribution in [0.2, 0.25) is 5.02 Å². The van der Waals surface area contributed by atoms with Crippen molar-refractivity contribution in [3.63, 3.8) is 0 Å². The number of benzene rings is 1. The van der Waals surface area contributed by atoms with E-state index >= 15 is 0 Å². The summed E-state index contributed by atoms with van der Waals surface area (Å²) in [6, 6.07) is 7.25. The third-order valence-electron chi connectivity index (χ3n) is 2.89. The van der Waals surface area contributed by atoms with E-state index in [4.69, 9.17) is 16.3 Å². The third kappa shape index (κ3) is 4.46. The van der Waals surface area contributed by atoms with Crippen molar-refractivity contribution in [1.82, 2.24) is 14.8 Å². The lowest BCUT2D eigenvalue weighted by Crippen LogP contribution is -2.11. The van der Waals surface area contributed by atoms with Crippen molar-refractivity contribution >= 4 is 29.3 Å². The second-order valence-corrected chi connectivity index (χ2v) is 6.02. The fourth-order valence-corrected chi connectivity index (χ4v) is 2.81. The number of hydrogen-bond acceptors (Lipinski definition) is 5. The van der Waals surface area contributed by atoms with Crippen molar-refractivity contribution in [2.75, 3.05) is 19.5 Å². The molecule has 0 saturated carbocycles. The Kier molecular flexibility index (Phi) is 6.23. The van der Waals surface area contributed by atoms with Crippen molar-refractivity contribution < 1.29 is 14.6 Å². The summed E-state index contributed by atoms with van der Waals surface area (Å²) < 4.78 is 6.60. The van der Waals surface area contributed by atoms with Gasteiger partial charge in [-0.1, -0.05) is 35.5 Å². The van der Waals surface area contributed by atoms with Gasteiger partial charge in [-0.05, 0) is 24.1 Å². The third-order valence-corrected chi connectivity index (χ3v) is 4.19. The highest BCUT2D eigenvalue weighted by molar-refractivity contribution is 7.99. The maximum absolute atomic E-state index is 11.3. The number of carboxylic acid groups (broad SMARTS) is 1. The summed E-state index contributed by atoms with van der Waals surface area (Å²) in [5.41, 5.74) is 0.936. The Labute approximate surface area is 137 Å². The predicted octanol–water partition coefficient (Wildman–Crippen LogP) is 2.81. The minimum absolute atomic E-state index is 0.0656. The quantitative estimate of drug-likeness (QED) is 0.587. The molecule has 0 unspecified atom stereocenters. The number of hydrogen-bond donors (Lipinski definition) is 1. The Hall–Kier alpha value is -1.57. The second-order valence-electron chi connectivity index (χ2n) is 4.52. The second kappa shape index (κ2) is 8.17. The lowest BCUT2D eigenvalue weighted by atomic mass is 10.2. The van der Waals surface area contributed by atoms with E-state index in [9.17, 15) is 9.90 Å². The molecule has 0 spiro atoms. The number of carbonyl (C=O) groups is 1. The molecule has 2 rings (SSSR count). The van der Waals surface area contributed by atoms with Crippen molar-refractivity contribution in [3.05, 3.63) is 40.7 Å². The molecule has 2 aromatic rings. The van der Waals surface area contributed by atoms with E-state index in [1.807, 2.05) is 12.1 Å². The molecule has 0 saturated heterocycles. The molecule has 0 aliphatic heterocycles. The van der Waals surface area contributed by atoms with E-state index in [1.165, 1.54) is 11.8 Å². The number of thioether (sulfide) groups is 1. The first-order chi connectivity index (χ1) is 10.6. The summed E-state index contributed by atoms with van der Waals surface area (Å²) in [5.74, 6) is -0.374. The van der Waals surface area contributed by atoms with Gasteiger partial charge < -0.3 is 9.84 Å². The summed E-state index contributed by atoms with van der Waals surface area (Å²) in [6.07, 6.45) is 0.859. The molecule has 1 N–H and O–H groups in total. The summed E-state index contributed by atoms with van der Waals surface area (Å²) in [4.78, 5) is 11.3. The van der Waals surface area contributed by atoms with E-state index in [1.54, 1.807) is 23.8 Å². The first kappa shape index (κ1) is 16.8. The topological polar surface area (TPSA) is 77.2 Å². The van der Waals surface area contributed by atoms with E-state index in [0.29, 0.717) is 23.3 Å². The van der Waals surface area contributed by atoms with Gasteiger partial charge in [-0.2, -0.15) is 0 Å². The van der Waals surface area contributed by atoms with Crippen LogP contribution in [0, 0.1) is 0 Å². The number of aromatic nitrogens is 3. The predicted molar refractivity (Wildman–Crippen MR) is 84.8 cm³/mol. The van der Waals surface area contributed by atoms with Gasteiger partial charge in [-0.25, -0.2) is 4.79 Å². The maximum atomic E-state index is 11.3. The molecule has 0 aliphatic rings. The van der Waals surface area contributed by atoms with Crippen molar-refractivity contribution in [3.8, 4) is 0 Å². The Morgan fingerprint density at radius 2 is 2.09 bits per heavy atom. The van der Waals surface area contributed by atoms with E-state index in [0.717, 1.165) is 17.7 Å². The molecule has 0 aliphatic carbocycles. The normalized spacial score (nSPS) is 10.8. The van der Waals surface area contributed by atoms with E-state index < -0.39 is 5.97 Å². The molecule has 0 atom stereocenters. The Balaban J connectivity index is 2.16. The zero-order valence-corrected chi connectivity index (χ0v) is 13.6. The largest absolute Gasteiger partial charge is 0.475 e. The summed E-state index contributed by atoms with van der Waals surface area (Å²) in [5, 5.41) is 18.2. The zero-order valence-electron chi connectivity index (χ0n) is 12.0. The highest BCUT2D eigenvalue weighted by Crippen LogP contribution is 2.20. The van der Waals surface area contributed by atoms with Gasteiger partial charge in [-0.15, -0.1) is 10.2 Å². The highest BCUT2D eigenvalue weighted by Gasteiger charge is 2.18. The van der Waals surface area contributed by atoms with Crippen LogP contribution in [0.5, 0.6) is 0 Å². The number of nitrogens with zero attached hydrogens (tertiary/aromatic N) is 3. The molecule has 0 radical (unpaired) electrons. The summed E-state index contributed by atoms with van der Waals surface area (Å²) >= 11 is 7.33. The van der Waals surface area contributed by atoms with Crippen LogP contribution in [0.4, 0.5) is 0 Å². The van der Waals surface area contributed by atoms with Crippen LogP contribution in [-0.4, -0.2) is 45.3 Å². The standard InChI is InChI=1S/C14H16ClN3O3S/c1-21-7-2-8-22-14-17-16-12(13(19)20)18(14)9-10-3-5-11(15)6-4-10/h3-6H,2,7-9H2,1H3,(H,19,20). The average molecular weight is 342 g/mol. The van der Waals surface area contributed by atoms with Gasteiger partial charge in [0.25, 0.3) is 0 Å². The van der Waals surface area contributed by atoms with Gasteiger partial charge >= 0.3 is 5.97 Å². The van der Waals surface area contributed by atoms with Gasteiger partial charge in [-0.3, -0.25) is 4.57 Å². The monoisotopic (exact) mass is 341 g/mol. The molecule has 1 aromatic heterocycles. The van der Waals surface area contributed by atoms with Crippen LogP contribution < -0.4 is 0 Å². The zero-order chi connectivity index (χ0) is 15.9. The minimum atomic E-state index is -1.09. The SMILES string of the molecule is COCCCSc1nnc(C(=O)O)n1Cc1ccc(Cl)cc1. The van der Waals surface area contributed by atoms with Gasteiger partial charge in [0.2, 0.25) is 5.82 Å². The lowest BCUT2D eigenvalue weighted by molar-refractivity contribution is 0.0677. The van der Waals surface area contributed by atoms with Gasteiger partial charge in [0, 0.05) is 24.5 Å². The van der Waals surface area contributed by atoms with Crippen molar-refractivity contribution in [2.45, 2.75) is 18.1 Å². The Morgan fingerprint density at radius 3 is 2.73 bits per heavy atom. The number of aromatic carboxylic acids is 1. The van der Waals surface area contributed by atoms with Crippen LogP contribution in [0.25, 0.3) is 0 Å². The number of ether oxygens (including phenoxy) is 1. The van der Waals surface area contributed by atoms with Crippen LogP contribution in [0.1, 0.15) is 22.6 Å². The summed E-state index contributed by atoms with van der Waals surface area (Å²) in [7, 11) is 1.65. The molecule has 0 fully saturated rings. The van der Waals surface area contributed by atoms with Gasteiger partial charge in [0.15, 0.2) is 5.16 Å². The molecule has 0 amide bonds. The average Bonchev–Trinajstić information content (AvgIpc) is 2.89. The molecule has 8 heteroatoms. The van der Waals surface area contributed by atoms with Crippen LogP contribution in [0.3, 0.4) is 0 Å². The number of carboxylic acids is 1. The van der Waals surface area contributed by atoms with Gasteiger partial charge in [0.1, 0.15) is 0 Å². The molecular weight excluding hydrogens is 326 g/mol. The van der Waals surface area contributed by atoms with Crippen LogP contribution in [-0.2, 0) is 11.3 Å². The molecule has 118 valence electrons. The molecule has 1 aromatic carbocycles. The fourth-order valence-electron chi connectivity index (χ4n) is 1.84. The highest BCUT2D eigenvalue weighted by atomic mass is 35.5. The molecule has 0 bridgehead atoms. The number of halogens is 1. The Bertz CT molecular complexity index is 631. The van der Waals surface area contributed by atoms with E-state index in [-0.39, 0.29) is 5.82 Å². The molecule has 22 heavy (non-hydrogen) atoms. The van der Waals surface area contributed by atoms with E-state index in [2.05, 4.69) is 10.2 Å². The lowest BCUT2D eigenvalue weighted by Gasteiger charge is -2.08. The first-order valence-electron chi connectivity index (χ1n) is 6.64.